The highest BCUT2D eigenvalue weighted by molar-refractivity contribution is 4.83. The average molecular weight is 226 g/mol. The van der Waals surface area contributed by atoms with Crippen LogP contribution in [0, 0.1) is 5.92 Å². The third-order valence-electron chi connectivity index (χ3n) is 3.95. The van der Waals surface area contributed by atoms with Crippen molar-refractivity contribution in [2.75, 3.05) is 19.6 Å². The molecule has 16 heavy (non-hydrogen) atoms. The molecule has 0 spiro atoms. The van der Waals surface area contributed by atoms with Crippen LogP contribution in [0.1, 0.15) is 48.0 Å². The molecular formula is C14H30N2. The van der Waals surface area contributed by atoms with Crippen LogP contribution in [-0.2, 0) is 0 Å². The first kappa shape index (κ1) is 14.0. The van der Waals surface area contributed by atoms with Crippen molar-refractivity contribution in [3.05, 3.63) is 0 Å². The van der Waals surface area contributed by atoms with Gasteiger partial charge in [0.1, 0.15) is 0 Å². The van der Waals surface area contributed by atoms with E-state index in [9.17, 15) is 0 Å². The first-order chi connectivity index (χ1) is 7.43. The Kier molecular flexibility index (Phi) is 5.26. The Morgan fingerprint density at radius 3 is 1.88 bits per heavy atom. The molecule has 0 radical (unpaired) electrons. The van der Waals surface area contributed by atoms with E-state index in [-0.39, 0.29) is 0 Å². The average Bonchev–Trinajstić information content (AvgIpc) is 2.38. The summed E-state index contributed by atoms with van der Waals surface area (Å²) in [5.74, 6) is 0.773. The van der Waals surface area contributed by atoms with Gasteiger partial charge in [0, 0.05) is 31.2 Å². The number of nitrogens with zero attached hydrogens (tertiary/aromatic N) is 2. The monoisotopic (exact) mass is 226 g/mol. The van der Waals surface area contributed by atoms with Crippen molar-refractivity contribution in [2.24, 2.45) is 5.92 Å². The lowest BCUT2D eigenvalue weighted by Crippen LogP contribution is -2.44. The molecule has 2 nitrogen and oxygen atoms in total. The summed E-state index contributed by atoms with van der Waals surface area (Å²) >= 11 is 0. The zero-order chi connectivity index (χ0) is 12.3. The Morgan fingerprint density at radius 2 is 1.44 bits per heavy atom. The van der Waals surface area contributed by atoms with Gasteiger partial charge in [0.15, 0.2) is 0 Å². The van der Waals surface area contributed by atoms with Crippen molar-refractivity contribution < 1.29 is 0 Å². The Labute approximate surface area is 102 Å². The van der Waals surface area contributed by atoms with Gasteiger partial charge in [-0.15, -0.1) is 0 Å². The van der Waals surface area contributed by atoms with Gasteiger partial charge in [0.25, 0.3) is 0 Å². The normalized spacial score (nSPS) is 25.7. The van der Waals surface area contributed by atoms with Crippen LogP contribution in [0.2, 0.25) is 0 Å². The first-order valence-electron chi connectivity index (χ1n) is 6.93. The number of hydrogen-bond acceptors (Lipinski definition) is 2. The van der Waals surface area contributed by atoms with E-state index < -0.39 is 0 Å². The smallest absolute Gasteiger partial charge is 0.0134 e. The Hall–Kier alpha value is -0.0800. The molecular weight excluding hydrogens is 196 g/mol. The van der Waals surface area contributed by atoms with Crippen molar-refractivity contribution in [3.8, 4) is 0 Å². The fraction of sp³-hybridized carbons (Fsp3) is 1.00. The number of rotatable bonds is 3. The lowest BCUT2D eigenvalue weighted by Gasteiger charge is -2.35. The molecule has 0 bridgehead atoms. The maximum Gasteiger partial charge on any atom is 0.0134 e. The van der Waals surface area contributed by atoms with E-state index in [1.165, 1.54) is 26.1 Å². The Bertz CT molecular complexity index is 181. The fourth-order valence-electron chi connectivity index (χ4n) is 2.86. The molecule has 1 unspecified atom stereocenters. The van der Waals surface area contributed by atoms with E-state index in [0.29, 0.717) is 12.1 Å². The van der Waals surface area contributed by atoms with Crippen molar-refractivity contribution in [1.82, 2.24) is 9.80 Å². The van der Waals surface area contributed by atoms with Gasteiger partial charge in [0.2, 0.25) is 0 Å². The van der Waals surface area contributed by atoms with Crippen LogP contribution in [-0.4, -0.2) is 47.6 Å². The molecule has 0 aliphatic carbocycles. The number of hydrogen-bond donors (Lipinski definition) is 0. The third kappa shape index (κ3) is 3.46. The van der Waals surface area contributed by atoms with Crippen LogP contribution in [0.3, 0.4) is 0 Å². The molecule has 1 saturated heterocycles. The van der Waals surface area contributed by atoms with Crippen LogP contribution in [0.4, 0.5) is 0 Å². The zero-order valence-corrected chi connectivity index (χ0v) is 12.0. The van der Waals surface area contributed by atoms with Gasteiger partial charge < -0.3 is 0 Å². The largest absolute Gasteiger partial charge is 0.300 e. The quantitative estimate of drug-likeness (QED) is 0.730. The molecule has 1 fully saturated rings. The Balaban J connectivity index is 2.69. The van der Waals surface area contributed by atoms with E-state index >= 15 is 0 Å². The molecule has 0 aromatic heterocycles. The molecule has 2 heteroatoms. The van der Waals surface area contributed by atoms with Crippen LogP contribution < -0.4 is 0 Å². The summed E-state index contributed by atoms with van der Waals surface area (Å²) in [5, 5.41) is 0. The van der Waals surface area contributed by atoms with Gasteiger partial charge in [-0.3, -0.25) is 9.80 Å². The van der Waals surface area contributed by atoms with Crippen molar-refractivity contribution in [2.45, 2.75) is 66.1 Å². The predicted octanol–water partition coefficient (Wildman–Crippen LogP) is 2.84. The van der Waals surface area contributed by atoms with Crippen molar-refractivity contribution >= 4 is 0 Å². The summed E-state index contributed by atoms with van der Waals surface area (Å²) < 4.78 is 0. The van der Waals surface area contributed by atoms with E-state index in [4.69, 9.17) is 0 Å². The van der Waals surface area contributed by atoms with E-state index in [0.717, 1.165) is 12.0 Å². The minimum Gasteiger partial charge on any atom is -0.300 e. The lowest BCUT2D eigenvalue weighted by atomic mass is 9.98. The molecule has 1 rings (SSSR count). The minimum atomic E-state index is 0.680. The van der Waals surface area contributed by atoms with Crippen molar-refractivity contribution in [1.29, 1.82) is 0 Å². The van der Waals surface area contributed by atoms with Crippen LogP contribution >= 0.6 is 0 Å². The van der Waals surface area contributed by atoms with E-state index in [1.54, 1.807) is 0 Å². The summed E-state index contributed by atoms with van der Waals surface area (Å²) in [6, 6.07) is 2.14. The maximum atomic E-state index is 2.70. The zero-order valence-electron chi connectivity index (χ0n) is 12.0. The second-order valence-electron chi connectivity index (χ2n) is 6.06. The van der Waals surface area contributed by atoms with Gasteiger partial charge in [-0.1, -0.05) is 13.8 Å². The lowest BCUT2D eigenvalue weighted by molar-refractivity contribution is 0.124. The molecule has 0 amide bonds. The molecule has 0 aromatic carbocycles. The van der Waals surface area contributed by atoms with Gasteiger partial charge >= 0.3 is 0 Å². The summed E-state index contributed by atoms with van der Waals surface area (Å²) in [5.41, 5.74) is 0. The summed E-state index contributed by atoms with van der Waals surface area (Å²) in [4.78, 5) is 5.32. The van der Waals surface area contributed by atoms with Gasteiger partial charge in [-0.2, -0.15) is 0 Å². The highest BCUT2D eigenvalue weighted by Crippen LogP contribution is 2.21. The second-order valence-corrected chi connectivity index (χ2v) is 6.06. The van der Waals surface area contributed by atoms with Gasteiger partial charge in [-0.05, 0) is 46.6 Å². The van der Waals surface area contributed by atoms with E-state index in [2.05, 4.69) is 51.3 Å². The topological polar surface area (TPSA) is 6.48 Å². The highest BCUT2D eigenvalue weighted by atomic mass is 15.3. The molecule has 0 aromatic rings. The summed E-state index contributed by atoms with van der Waals surface area (Å²) in [7, 11) is 0. The van der Waals surface area contributed by atoms with Crippen LogP contribution in [0.25, 0.3) is 0 Å². The molecule has 0 N–H and O–H groups in total. The fourth-order valence-corrected chi connectivity index (χ4v) is 2.86. The molecule has 1 aliphatic heterocycles. The summed E-state index contributed by atoms with van der Waals surface area (Å²) in [6.45, 7) is 17.8. The molecule has 1 heterocycles. The van der Waals surface area contributed by atoms with Gasteiger partial charge in [0.05, 0.1) is 0 Å². The third-order valence-corrected chi connectivity index (χ3v) is 3.95. The van der Waals surface area contributed by atoms with E-state index in [1.807, 2.05) is 0 Å². The standard InChI is InChI=1S/C14H30N2/c1-11(2)14-7-8-15(12(3)4)9-10-16(14)13(5)6/h11-14H,7-10H2,1-6H3. The maximum absolute atomic E-state index is 2.70. The van der Waals surface area contributed by atoms with Crippen LogP contribution in [0.5, 0.6) is 0 Å². The second kappa shape index (κ2) is 6.02. The summed E-state index contributed by atoms with van der Waals surface area (Å²) in [6.07, 6.45) is 1.33. The first-order valence-corrected chi connectivity index (χ1v) is 6.93. The molecule has 1 atom stereocenters. The molecule has 0 saturated carbocycles. The molecule has 96 valence electrons. The van der Waals surface area contributed by atoms with Crippen LogP contribution in [0.15, 0.2) is 0 Å². The Morgan fingerprint density at radius 1 is 0.812 bits per heavy atom. The minimum absolute atomic E-state index is 0.680. The van der Waals surface area contributed by atoms with Gasteiger partial charge in [-0.25, -0.2) is 0 Å². The SMILES string of the molecule is CC(C)C1CCN(C(C)C)CCN1C(C)C. The molecule has 1 aliphatic rings. The predicted molar refractivity (Wildman–Crippen MR) is 71.8 cm³/mol. The van der Waals surface area contributed by atoms with Crippen molar-refractivity contribution in [3.63, 3.8) is 0 Å². The highest BCUT2D eigenvalue weighted by Gasteiger charge is 2.28.